The molecule has 0 atom stereocenters. The summed E-state index contributed by atoms with van der Waals surface area (Å²) in [6.07, 6.45) is 4.38. The van der Waals surface area contributed by atoms with E-state index in [1.807, 2.05) is 59.3 Å². The Morgan fingerprint density at radius 3 is 2.15 bits per heavy atom. The normalized spacial score (nSPS) is 21.8. The van der Waals surface area contributed by atoms with Gasteiger partial charge in [-0.05, 0) is 69.1 Å². The van der Waals surface area contributed by atoms with Crippen LogP contribution in [0, 0.1) is 11.3 Å². The molecule has 2 aliphatic rings. The highest BCUT2D eigenvalue weighted by Crippen LogP contribution is 2.36. The monoisotopic (exact) mass is 456 g/mol. The number of aromatic nitrogens is 2. The van der Waals surface area contributed by atoms with Crippen molar-refractivity contribution in [1.29, 1.82) is 5.26 Å². The molecule has 2 heterocycles. The van der Waals surface area contributed by atoms with Crippen molar-refractivity contribution in [3.63, 3.8) is 0 Å². The molecule has 34 heavy (non-hydrogen) atoms. The molecule has 2 N–H and O–H groups in total. The second kappa shape index (κ2) is 9.88. The van der Waals surface area contributed by atoms with Crippen molar-refractivity contribution in [2.75, 3.05) is 39.0 Å². The number of ether oxygens (including phenoxy) is 1. The number of hydrogen-bond acceptors (Lipinski definition) is 6. The van der Waals surface area contributed by atoms with Gasteiger partial charge in [0.15, 0.2) is 0 Å². The molecule has 176 valence electrons. The van der Waals surface area contributed by atoms with Crippen LogP contribution in [0.25, 0.3) is 11.3 Å². The van der Waals surface area contributed by atoms with Crippen LogP contribution in [-0.4, -0.2) is 58.8 Å². The summed E-state index contributed by atoms with van der Waals surface area (Å²) in [5.41, 5.74) is 8.42. The zero-order valence-corrected chi connectivity index (χ0v) is 19.7. The average molecular weight is 457 g/mol. The average Bonchev–Trinajstić information content (AvgIpc) is 3.22. The Labute approximate surface area is 201 Å². The Hall–Kier alpha value is -3.34. The van der Waals surface area contributed by atoms with Gasteiger partial charge in [-0.25, -0.2) is 4.68 Å². The fourth-order valence-electron chi connectivity index (χ4n) is 5.20. The molecule has 5 rings (SSSR count). The molecule has 0 unspecified atom stereocenters. The minimum atomic E-state index is 0.241. The van der Waals surface area contributed by atoms with Crippen LogP contribution in [0.5, 0.6) is 11.5 Å². The highest BCUT2D eigenvalue weighted by atomic mass is 16.5. The molecule has 0 spiro atoms. The molecule has 7 nitrogen and oxygen atoms in total. The number of nitrogen functional groups attached to an aromatic ring is 1. The topological polar surface area (TPSA) is 83.3 Å². The Morgan fingerprint density at radius 2 is 1.50 bits per heavy atom. The number of anilines is 1. The van der Waals surface area contributed by atoms with Crippen LogP contribution in [-0.2, 0) is 0 Å². The van der Waals surface area contributed by atoms with Crippen LogP contribution in [0.15, 0.2) is 54.6 Å². The van der Waals surface area contributed by atoms with Gasteiger partial charge in [-0.3, -0.25) is 4.90 Å². The molecule has 1 saturated heterocycles. The Morgan fingerprint density at radius 1 is 0.882 bits per heavy atom. The zero-order chi connectivity index (χ0) is 23.5. The molecule has 1 aromatic heterocycles. The maximum Gasteiger partial charge on any atom is 0.140 e. The summed E-state index contributed by atoms with van der Waals surface area (Å²) in [7, 11) is 2.20. The Kier molecular flexibility index (Phi) is 6.52. The minimum Gasteiger partial charge on any atom is -0.457 e. The number of nitriles is 1. The van der Waals surface area contributed by atoms with E-state index in [9.17, 15) is 5.26 Å². The summed E-state index contributed by atoms with van der Waals surface area (Å²) in [6, 6.07) is 20.5. The predicted octanol–water partition coefficient (Wildman–Crippen LogP) is 4.53. The third-order valence-corrected chi connectivity index (χ3v) is 7.23. The van der Waals surface area contributed by atoms with Crippen molar-refractivity contribution in [2.45, 2.75) is 37.8 Å². The van der Waals surface area contributed by atoms with E-state index in [0.717, 1.165) is 68.9 Å². The smallest absolute Gasteiger partial charge is 0.140 e. The lowest BCUT2D eigenvalue weighted by atomic mass is 9.90. The summed E-state index contributed by atoms with van der Waals surface area (Å²) in [4.78, 5) is 5.05. The van der Waals surface area contributed by atoms with E-state index >= 15 is 0 Å². The molecule has 2 aromatic carbocycles. The number of likely N-dealkylation sites (N-methyl/N-ethyl adjacent to an activating group) is 1. The van der Waals surface area contributed by atoms with Crippen LogP contribution in [0.4, 0.5) is 5.82 Å². The first-order valence-electron chi connectivity index (χ1n) is 12.2. The van der Waals surface area contributed by atoms with E-state index < -0.39 is 0 Å². The van der Waals surface area contributed by atoms with Gasteiger partial charge in [0.05, 0.1) is 6.04 Å². The summed E-state index contributed by atoms with van der Waals surface area (Å²) >= 11 is 0. The van der Waals surface area contributed by atoms with E-state index in [-0.39, 0.29) is 6.04 Å². The molecule has 1 aliphatic heterocycles. The molecular weight excluding hydrogens is 424 g/mol. The van der Waals surface area contributed by atoms with Gasteiger partial charge < -0.3 is 15.4 Å². The molecule has 7 heteroatoms. The molecule has 0 bridgehead atoms. The molecule has 1 saturated carbocycles. The number of hydrogen-bond donors (Lipinski definition) is 1. The van der Waals surface area contributed by atoms with Crippen LogP contribution in [0.1, 0.15) is 37.3 Å². The molecule has 0 radical (unpaired) electrons. The number of nitrogens with zero attached hydrogens (tertiary/aromatic N) is 5. The SMILES string of the molecule is CN1CCN(C2CCC(n3nc(-c4ccc(Oc5ccccc5)cc4)c(C#N)c3N)CC2)CC1. The fraction of sp³-hybridized carbons (Fsp3) is 0.407. The van der Waals surface area contributed by atoms with Gasteiger partial charge in [0.2, 0.25) is 0 Å². The van der Waals surface area contributed by atoms with Gasteiger partial charge in [0, 0.05) is 37.8 Å². The van der Waals surface area contributed by atoms with Crippen molar-refractivity contribution >= 4 is 5.82 Å². The first-order chi connectivity index (χ1) is 16.6. The second-order valence-corrected chi connectivity index (χ2v) is 9.41. The third kappa shape index (κ3) is 4.65. The maximum atomic E-state index is 9.84. The first-order valence-corrected chi connectivity index (χ1v) is 12.2. The molecular formula is C27H32N6O. The second-order valence-electron chi connectivity index (χ2n) is 9.41. The van der Waals surface area contributed by atoms with Gasteiger partial charge in [-0.2, -0.15) is 10.4 Å². The Balaban J connectivity index is 1.29. The van der Waals surface area contributed by atoms with Crippen LogP contribution < -0.4 is 10.5 Å². The van der Waals surface area contributed by atoms with Crippen molar-refractivity contribution in [2.24, 2.45) is 0 Å². The lowest BCUT2D eigenvalue weighted by Crippen LogP contribution is -2.50. The minimum absolute atomic E-state index is 0.241. The summed E-state index contributed by atoms with van der Waals surface area (Å²) in [6.45, 7) is 4.61. The standard InChI is InChI=1S/C27H32N6O/c1-31-15-17-32(18-16-31)21-9-11-22(12-10-21)33-27(29)25(19-28)26(30-33)20-7-13-24(14-8-20)34-23-5-3-2-4-6-23/h2-8,13-14,21-22H,9-12,15-18,29H2,1H3. The van der Waals surface area contributed by atoms with Crippen LogP contribution in [0.2, 0.25) is 0 Å². The maximum absolute atomic E-state index is 9.84. The van der Waals surface area contributed by atoms with Gasteiger partial charge in [0.1, 0.15) is 34.6 Å². The molecule has 0 amide bonds. The zero-order valence-electron chi connectivity index (χ0n) is 19.7. The van der Waals surface area contributed by atoms with E-state index in [4.69, 9.17) is 15.6 Å². The van der Waals surface area contributed by atoms with Crippen molar-refractivity contribution in [3.05, 3.63) is 60.2 Å². The van der Waals surface area contributed by atoms with Gasteiger partial charge in [-0.1, -0.05) is 18.2 Å². The van der Waals surface area contributed by atoms with Gasteiger partial charge in [0.25, 0.3) is 0 Å². The summed E-state index contributed by atoms with van der Waals surface area (Å²) in [5, 5.41) is 14.7. The Bertz CT molecular complexity index is 1130. The van der Waals surface area contributed by atoms with Crippen molar-refractivity contribution in [3.8, 4) is 28.8 Å². The number of benzene rings is 2. The predicted molar refractivity (Wildman–Crippen MR) is 134 cm³/mol. The van der Waals surface area contributed by atoms with E-state index in [1.54, 1.807) is 0 Å². The molecule has 2 fully saturated rings. The van der Waals surface area contributed by atoms with Crippen LogP contribution in [0.3, 0.4) is 0 Å². The number of para-hydroxylation sites is 1. The summed E-state index contributed by atoms with van der Waals surface area (Å²) < 4.78 is 7.80. The molecule has 1 aliphatic carbocycles. The number of piperazine rings is 1. The largest absolute Gasteiger partial charge is 0.457 e. The van der Waals surface area contributed by atoms with Gasteiger partial charge >= 0.3 is 0 Å². The lowest BCUT2D eigenvalue weighted by molar-refractivity contribution is 0.0813. The highest BCUT2D eigenvalue weighted by Gasteiger charge is 2.30. The van der Waals surface area contributed by atoms with Crippen LogP contribution >= 0.6 is 0 Å². The molecule has 3 aromatic rings. The van der Waals surface area contributed by atoms with E-state index in [1.165, 1.54) is 0 Å². The van der Waals surface area contributed by atoms with Crippen molar-refractivity contribution < 1.29 is 4.74 Å². The number of rotatable bonds is 5. The third-order valence-electron chi connectivity index (χ3n) is 7.23. The first kappa shape index (κ1) is 22.5. The number of nitrogens with two attached hydrogens (primary N) is 1. The quantitative estimate of drug-likeness (QED) is 0.607. The van der Waals surface area contributed by atoms with Gasteiger partial charge in [-0.15, -0.1) is 0 Å². The fourth-order valence-corrected chi connectivity index (χ4v) is 5.20. The van der Waals surface area contributed by atoms with Crippen molar-refractivity contribution in [1.82, 2.24) is 19.6 Å². The highest BCUT2D eigenvalue weighted by molar-refractivity contribution is 5.73. The van der Waals surface area contributed by atoms with E-state index in [0.29, 0.717) is 23.1 Å². The lowest BCUT2D eigenvalue weighted by Gasteiger charge is -2.41. The summed E-state index contributed by atoms with van der Waals surface area (Å²) in [5.74, 6) is 2.00. The van der Waals surface area contributed by atoms with E-state index in [2.05, 4.69) is 22.9 Å².